The van der Waals surface area contributed by atoms with Crippen molar-refractivity contribution in [1.82, 2.24) is 10.2 Å². The van der Waals surface area contributed by atoms with Crippen LogP contribution in [-0.4, -0.2) is 35.3 Å². The summed E-state index contributed by atoms with van der Waals surface area (Å²) in [7, 11) is 0. The molecule has 0 radical (unpaired) electrons. The Balaban J connectivity index is 1.74. The zero-order valence-corrected chi connectivity index (χ0v) is 11.7. The Hall–Kier alpha value is -1.36. The van der Waals surface area contributed by atoms with Crippen LogP contribution in [0.15, 0.2) is 16.8 Å². The highest BCUT2D eigenvalue weighted by molar-refractivity contribution is 7.08. The second-order valence-corrected chi connectivity index (χ2v) is 6.30. The van der Waals surface area contributed by atoms with E-state index < -0.39 is 0 Å². The van der Waals surface area contributed by atoms with Crippen molar-refractivity contribution in [1.29, 1.82) is 0 Å². The Bertz CT molecular complexity index is 482. The predicted octanol–water partition coefficient (Wildman–Crippen LogP) is 2.02. The van der Waals surface area contributed by atoms with Gasteiger partial charge in [-0.1, -0.05) is 0 Å². The Morgan fingerprint density at radius 1 is 1.37 bits per heavy atom. The van der Waals surface area contributed by atoms with Gasteiger partial charge < -0.3 is 10.2 Å². The molecular formula is C14H18N2O2S. The number of nitrogens with zero attached hydrogens (tertiary/aromatic N) is 1. The molecule has 1 spiro atoms. The molecule has 2 amide bonds. The Morgan fingerprint density at radius 2 is 2.21 bits per heavy atom. The van der Waals surface area contributed by atoms with Crippen molar-refractivity contribution in [2.45, 2.75) is 37.6 Å². The van der Waals surface area contributed by atoms with Crippen LogP contribution in [0, 0.1) is 0 Å². The van der Waals surface area contributed by atoms with Crippen LogP contribution in [0.25, 0.3) is 0 Å². The molecule has 2 aliphatic heterocycles. The Kier molecular flexibility index (Phi) is 3.31. The molecule has 3 heterocycles. The molecule has 0 saturated carbocycles. The number of likely N-dealkylation sites (tertiary alicyclic amines) is 1. The van der Waals surface area contributed by atoms with E-state index in [0.717, 1.165) is 37.8 Å². The van der Waals surface area contributed by atoms with Gasteiger partial charge in [0.15, 0.2) is 0 Å². The maximum absolute atomic E-state index is 12.4. The summed E-state index contributed by atoms with van der Waals surface area (Å²) in [6, 6.07) is 1.87. The molecule has 5 heteroatoms. The van der Waals surface area contributed by atoms with Crippen LogP contribution in [0.5, 0.6) is 0 Å². The molecule has 4 nitrogen and oxygen atoms in total. The average molecular weight is 278 g/mol. The van der Waals surface area contributed by atoms with E-state index >= 15 is 0 Å². The number of piperidine rings is 2. The summed E-state index contributed by atoms with van der Waals surface area (Å²) in [5.41, 5.74) is 0.600. The minimum Gasteiger partial charge on any atom is -0.349 e. The smallest absolute Gasteiger partial charge is 0.254 e. The summed E-state index contributed by atoms with van der Waals surface area (Å²) < 4.78 is 0. The van der Waals surface area contributed by atoms with Gasteiger partial charge >= 0.3 is 0 Å². The topological polar surface area (TPSA) is 49.4 Å². The van der Waals surface area contributed by atoms with Crippen molar-refractivity contribution in [3.8, 4) is 0 Å². The van der Waals surface area contributed by atoms with E-state index in [9.17, 15) is 9.59 Å². The molecule has 2 saturated heterocycles. The van der Waals surface area contributed by atoms with E-state index in [1.54, 1.807) is 11.3 Å². The van der Waals surface area contributed by atoms with Gasteiger partial charge in [0.05, 0.1) is 11.1 Å². The monoisotopic (exact) mass is 278 g/mol. The van der Waals surface area contributed by atoms with Gasteiger partial charge in [0.2, 0.25) is 5.91 Å². The number of thiophene rings is 1. The SMILES string of the molecule is O=C1CCCC2(CCCN(C(=O)c3ccsc3)C2)N1. The summed E-state index contributed by atoms with van der Waals surface area (Å²) in [6.07, 6.45) is 4.51. The maximum Gasteiger partial charge on any atom is 0.254 e. The van der Waals surface area contributed by atoms with Crippen LogP contribution in [0.2, 0.25) is 0 Å². The van der Waals surface area contributed by atoms with Gasteiger partial charge in [-0.3, -0.25) is 9.59 Å². The first kappa shape index (κ1) is 12.7. The zero-order chi connectivity index (χ0) is 13.3. The van der Waals surface area contributed by atoms with E-state index in [-0.39, 0.29) is 17.4 Å². The second-order valence-electron chi connectivity index (χ2n) is 5.52. The molecule has 2 fully saturated rings. The van der Waals surface area contributed by atoms with Crippen LogP contribution in [-0.2, 0) is 4.79 Å². The van der Waals surface area contributed by atoms with E-state index in [1.165, 1.54) is 0 Å². The lowest BCUT2D eigenvalue weighted by molar-refractivity contribution is -0.126. The van der Waals surface area contributed by atoms with Crippen molar-refractivity contribution in [2.24, 2.45) is 0 Å². The van der Waals surface area contributed by atoms with Crippen molar-refractivity contribution >= 4 is 23.2 Å². The van der Waals surface area contributed by atoms with Crippen molar-refractivity contribution in [2.75, 3.05) is 13.1 Å². The number of nitrogens with one attached hydrogen (secondary N) is 1. The molecule has 1 unspecified atom stereocenters. The van der Waals surface area contributed by atoms with E-state index in [1.807, 2.05) is 21.7 Å². The zero-order valence-electron chi connectivity index (χ0n) is 10.9. The predicted molar refractivity (Wildman–Crippen MR) is 74.2 cm³/mol. The molecule has 1 aromatic heterocycles. The Morgan fingerprint density at radius 3 is 2.95 bits per heavy atom. The summed E-state index contributed by atoms with van der Waals surface area (Å²) in [5, 5.41) is 6.95. The van der Waals surface area contributed by atoms with Gasteiger partial charge in [-0.25, -0.2) is 0 Å². The third-order valence-electron chi connectivity index (χ3n) is 4.10. The largest absolute Gasteiger partial charge is 0.349 e. The molecule has 0 aromatic carbocycles. The first-order valence-electron chi connectivity index (χ1n) is 6.81. The summed E-state index contributed by atoms with van der Waals surface area (Å²) in [5.74, 6) is 0.233. The molecule has 1 N–H and O–H groups in total. The average Bonchev–Trinajstić information content (AvgIpc) is 2.91. The lowest BCUT2D eigenvalue weighted by atomic mass is 9.81. The van der Waals surface area contributed by atoms with Crippen LogP contribution < -0.4 is 5.32 Å². The molecule has 1 aromatic rings. The fraction of sp³-hybridized carbons (Fsp3) is 0.571. The fourth-order valence-electron chi connectivity index (χ4n) is 3.19. The summed E-state index contributed by atoms with van der Waals surface area (Å²) in [6.45, 7) is 1.46. The van der Waals surface area contributed by atoms with Gasteiger partial charge in [0, 0.05) is 24.9 Å². The van der Waals surface area contributed by atoms with Crippen LogP contribution in [0.1, 0.15) is 42.5 Å². The number of carbonyl (C=O) groups is 2. The Labute approximate surface area is 116 Å². The van der Waals surface area contributed by atoms with Gasteiger partial charge in [-0.15, -0.1) is 0 Å². The highest BCUT2D eigenvalue weighted by atomic mass is 32.1. The van der Waals surface area contributed by atoms with E-state index in [0.29, 0.717) is 13.0 Å². The molecule has 0 bridgehead atoms. The number of amides is 2. The van der Waals surface area contributed by atoms with Gasteiger partial charge in [-0.2, -0.15) is 11.3 Å². The minimum absolute atomic E-state index is 0.0974. The molecule has 102 valence electrons. The van der Waals surface area contributed by atoms with Crippen molar-refractivity contribution in [3.05, 3.63) is 22.4 Å². The standard InChI is InChI=1S/C14H18N2O2S/c17-12-3-1-5-14(15-12)6-2-7-16(10-14)13(18)11-4-8-19-9-11/h4,8-9H,1-3,5-7,10H2,(H,15,17). The summed E-state index contributed by atoms with van der Waals surface area (Å²) in [4.78, 5) is 25.9. The molecule has 3 rings (SSSR count). The normalized spacial score (nSPS) is 27.4. The third-order valence-corrected chi connectivity index (χ3v) is 4.78. The first-order valence-corrected chi connectivity index (χ1v) is 7.75. The second kappa shape index (κ2) is 4.96. The minimum atomic E-state index is -0.167. The maximum atomic E-state index is 12.4. The first-order chi connectivity index (χ1) is 9.19. The number of carbonyl (C=O) groups excluding carboxylic acids is 2. The number of rotatable bonds is 1. The van der Waals surface area contributed by atoms with Gasteiger partial charge in [0.25, 0.3) is 5.91 Å². The van der Waals surface area contributed by atoms with E-state index in [4.69, 9.17) is 0 Å². The fourth-order valence-corrected chi connectivity index (χ4v) is 3.82. The van der Waals surface area contributed by atoms with Crippen LogP contribution in [0.3, 0.4) is 0 Å². The highest BCUT2D eigenvalue weighted by Crippen LogP contribution is 2.30. The van der Waals surface area contributed by atoms with Gasteiger partial charge in [-0.05, 0) is 37.1 Å². The summed E-state index contributed by atoms with van der Waals surface area (Å²) >= 11 is 1.54. The number of hydrogen-bond acceptors (Lipinski definition) is 3. The molecule has 1 atom stereocenters. The van der Waals surface area contributed by atoms with Crippen molar-refractivity contribution in [3.63, 3.8) is 0 Å². The molecule has 2 aliphatic rings. The lowest BCUT2D eigenvalue weighted by Gasteiger charge is -2.45. The van der Waals surface area contributed by atoms with Crippen LogP contribution in [0.4, 0.5) is 0 Å². The molecular weight excluding hydrogens is 260 g/mol. The quantitative estimate of drug-likeness (QED) is 0.854. The van der Waals surface area contributed by atoms with Gasteiger partial charge in [0.1, 0.15) is 0 Å². The van der Waals surface area contributed by atoms with Crippen molar-refractivity contribution < 1.29 is 9.59 Å². The molecule has 19 heavy (non-hydrogen) atoms. The lowest BCUT2D eigenvalue weighted by Crippen LogP contribution is -2.61. The molecule has 0 aliphatic carbocycles. The van der Waals surface area contributed by atoms with Crippen LogP contribution >= 0.6 is 11.3 Å². The highest BCUT2D eigenvalue weighted by Gasteiger charge is 2.40. The number of hydrogen-bond donors (Lipinski definition) is 1. The third kappa shape index (κ3) is 2.52. The van der Waals surface area contributed by atoms with E-state index in [2.05, 4.69) is 5.32 Å².